The number of carbonyl (C=O) groups excluding carboxylic acids is 2. The molecule has 0 bridgehead atoms. The van der Waals surface area contributed by atoms with E-state index in [2.05, 4.69) is 5.32 Å². The summed E-state index contributed by atoms with van der Waals surface area (Å²) in [5.41, 5.74) is 0.515. The van der Waals surface area contributed by atoms with Crippen molar-refractivity contribution in [1.29, 1.82) is 0 Å². The van der Waals surface area contributed by atoms with Crippen LogP contribution in [0.5, 0.6) is 11.5 Å². The molecule has 3 aromatic carbocycles. The number of anilines is 1. The maximum absolute atomic E-state index is 14.1. The number of hydrogen-bond donors (Lipinski definition) is 1. The zero-order chi connectivity index (χ0) is 29.4. The third-order valence-corrected chi connectivity index (χ3v) is 8.77. The molecule has 9 nitrogen and oxygen atoms in total. The first-order valence-electron chi connectivity index (χ1n) is 12.3. The molecule has 1 atom stereocenters. The molecule has 0 saturated carbocycles. The van der Waals surface area contributed by atoms with Gasteiger partial charge in [0.15, 0.2) is 0 Å². The lowest BCUT2D eigenvalue weighted by atomic mass is 10.1. The minimum absolute atomic E-state index is 0.0355. The summed E-state index contributed by atoms with van der Waals surface area (Å²) in [7, 11) is 0.00684. The van der Waals surface area contributed by atoms with Gasteiger partial charge < -0.3 is 19.7 Å². The molecule has 0 saturated heterocycles. The minimum Gasteiger partial charge on any atom is -0.497 e. The second kappa shape index (κ2) is 13.7. The fourth-order valence-corrected chi connectivity index (χ4v) is 6.12. The van der Waals surface area contributed by atoms with E-state index >= 15 is 0 Å². The van der Waals surface area contributed by atoms with E-state index in [0.717, 1.165) is 4.31 Å². The van der Waals surface area contributed by atoms with E-state index in [1.807, 2.05) is 0 Å². The smallest absolute Gasteiger partial charge is 0.264 e. The van der Waals surface area contributed by atoms with Crippen molar-refractivity contribution < 1.29 is 27.5 Å². The molecule has 2 amide bonds. The molecule has 0 fully saturated rings. The number of nitrogens with zero attached hydrogens (tertiary/aromatic N) is 2. The van der Waals surface area contributed by atoms with Gasteiger partial charge in [0.05, 0.1) is 24.8 Å². The van der Waals surface area contributed by atoms with Crippen LogP contribution in [0.3, 0.4) is 0 Å². The standard InChI is InChI=1S/C28H31Cl2N3O6S/c1-5-24(28(35)31-2)32(17-21-22(29)12-9-13-23(21)30)27(34)18-33(40(36,37)20-10-7-6-8-11-20)25-16-19(38-3)14-15-26(25)39-4/h6-16,24H,5,17-18H2,1-4H3,(H,31,35). The number of benzene rings is 3. The van der Waals surface area contributed by atoms with E-state index < -0.39 is 34.4 Å². The summed E-state index contributed by atoms with van der Waals surface area (Å²) in [6.07, 6.45) is 0.251. The van der Waals surface area contributed by atoms with Crippen molar-refractivity contribution in [2.45, 2.75) is 30.8 Å². The maximum atomic E-state index is 14.1. The molecule has 3 aromatic rings. The van der Waals surface area contributed by atoms with Gasteiger partial charge in [0.25, 0.3) is 10.0 Å². The molecule has 0 aliphatic heterocycles. The average molecular weight is 609 g/mol. The van der Waals surface area contributed by atoms with E-state index in [9.17, 15) is 18.0 Å². The van der Waals surface area contributed by atoms with E-state index in [1.54, 1.807) is 55.5 Å². The van der Waals surface area contributed by atoms with Crippen molar-refractivity contribution >= 4 is 50.7 Å². The van der Waals surface area contributed by atoms with Gasteiger partial charge in [0, 0.05) is 35.3 Å². The third kappa shape index (κ3) is 6.80. The average Bonchev–Trinajstić information content (AvgIpc) is 2.96. The van der Waals surface area contributed by atoms with Crippen molar-refractivity contribution in [2.75, 3.05) is 32.1 Å². The van der Waals surface area contributed by atoms with Crippen molar-refractivity contribution in [3.05, 3.63) is 82.3 Å². The Hall–Kier alpha value is -3.47. The molecule has 12 heteroatoms. The van der Waals surface area contributed by atoms with Crippen LogP contribution < -0.4 is 19.1 Å². The Kier molecular flexibility index (Phi) is 10.7. The molecule has 1 unspecified atom stereocenters. The fourth-order valence-electron chi connectivity index (χ4n) is 4.16. The highest BCUT2D eigenvalue weighted by atomic mass is 35.5. The van der Waals surface area contributed by atoms with E-state index in [0.29, 0.717) is 21.4 Å². The number of amides is 2. The van der Waals surface area contributed by atoms with Gasteiger partial charge in [-0.05, 0) is 42.8 Å². The first-order chi connectivity index (χ1) is 19.1. The summed E-state index contributed by atoms with van der Waals surface area (Å²) in [5, 5.41) is 3.19. The lowest BCUT2D eigenvalue weighted by Gasteiger charge is -2.33. The van der Waals surface area contributed by atoms with E-state index in [4.69, 9.17) is 32.7 Å². The van der Waals surface area contributed by atoms with Crippen molar-refractivity contribution in [3.63, 3.8) is 0 Å². The van der Waals surface area contributed by atoms with Crippen molar-refractivity contribution in [2.24, 2.45) is 0 Å². The summed E-state index contributed by atoms with van der Waals surface area (Å²) < 4.78 is 39.7. The van der Waals surface area contributed by atoms with Gasteiger partial charge in [-0.1, -0.05) is 54.4 Å². The molecule has 214 valence electrons. The lowest BCUT2D eigenvalue weighted by molar-refractivity contribution is -0.140. The number of halogens is 2. The quantitative estimate of drug-likeness (QED) is 0.318. The van der Waals surface area contributed by atoms with Gasteiger partial charge >= 0.3 is 0 Å². The van der Waals surface area contributed by atoms with Gasteiger partial charge in [-0.15, -0.1) is 0 Å². The monoisotopic (exact) mass is 607 g/mol. The predicted molar refractivity (Wildman–Crippen MR) is 156 cm³/mol. The summed E-state index contributed by atoms with van der Waals surface area (Å²) in [4.78, 5) is 28.2. The predicted octanol–water partition coefficient (Wildman–Crippen LogP) is 4.76. The van der Waals surface area contributed by atoms with Crippen LogP contribution in [0.25, 0.3) is 0 Å². The Labute approximate surface area is 244 Å². The summed E-state index contributed by atoms with van der Waals surface area (Å²) in [5.74, 6) is -0.522. The second-order valence-corrected chi connectivity index (χ2v) is 11.3. The van der Waals surface area contributed by atoms with Gasteiger partial charge in [-0.2, -0.15) is 0 Å². The van der Waals surface area contributed by atoms with Gasteiger partial charge in [-0.25, -0.2) is 8.42 Å². The zero-order valence-electron chi connectivity index (χ0n) is 22.6. The Balaban J connectivity index is 2.17. The Morgan fingerprint density at radius 2 is 1.60 bits per heavy atom. The largest absolute Gasteiger partial charge is 0.497 e. The molecule has 0 spiro atoms. The summed E-state index contributed by atoms with van der Waals surface area (Å²) in [6.45, 7) is 0.964. The maximum Gasteiger partial charge on any atom is 0.264 e. The lowest BCUT2D eigenvalue weighted by Crippen LogP contribution is -2.51. The highest BCUT2D eigenvalue weighted by Gasteiger charge is 2.35. The fraction of sp³-hybridized carbons (Fsp3) is 0.286. The molecule has 0 aliphatic rings. The number of nitrogens with one attached hydrogen (secondary N) is 1. The number of likely N-dealkylation sites (N-methyl/N-ethyl adjacent to an activating group) is 1. The topological polar surface area (TPSA) is 105 Å². The van der Waals surface area contributed by atoms with E-state index in [1.165, 1.54) is 44.4 Å². The molecule has 0 aliphatic carbocycles. The van der Waals surface area contributed by atoms with Crippen molar-refractivity contribution in [1.82, 2.24) is 10.2 Å². The number of ether oxygens (including phenoxy) is 2. The second-order valence-electron chi connectivity index (χ2n) is 8.62. The Bertz CT molecular complexity index is 1430. The van der Waals surface area contributed by atoms with Crippen LogP contribution in [0.4, 0.5) is 5.69 Å². The number of carbonyl (C=O) groups is 2. The third-order valence-electron chi connectivity index (χ3n) is 6.29. The molecule has 0 heterocycles. The van der Waals surface area contributed by atoms with Crippen LogP contribution in [-0.2, 0) is 26.2 Å². The number of methoxy groups -OCH3 is 2. The molecular formula is C28H31Cl2N3O6S. The minimum atomic E-state index is -4.29. The first kappa shape index (κ1) is 31.1. The molecule has 3 rings (SSSR count). The van der Waals surface area contributed by atoms with Crippen LogP contribution >= 0.6 is 23.2 Å². The molecule has 40 heavy (non-hydrogen) atoms. The van der Waals surface area contributed by atoms with Crippen LogP contribution in [0.15, 0.2) is 71.6 Å². The number of rotatable bonds is 12. The highest BCUT2D eigenvalue weighted by Crippen LogP contribution is 2.36. The van der Waals surface area contributed by atoms with Gasteiger partial charge in [0.1, 0.15) is 24.1 Å². The van der Waals surface area contributed by atoms with Crippen LogP contribution in [0, 0.1) is 0 Å². The summed E-state index contributed by atoms with van der Waals surface area (Å²) in [6, 6.07) is 16.3. The molecule has 1 N–H and O–H groups in total. The van der Waals surface area contributed by atoms with Crippen molar-refractivity contribution in [3.8, 4) is 11.5 Å². The normalized spacial score (nSPS) is 11.8. The first-order valence-corrected chi connectivity index (χ1v) is 14.5. The van der Waals surface area contributed by atoms with E-state index in [-0.39, 0.29) is 29.3 Å². The number of hydrogen-bond acceptors (Lipinski definition) is 6. The van der Waals surface area contributed by atoms with Gasteiger partial charge in [-0.3, -0.25) is 13.9 Å². The Morgan fingerprint density at radius 3 is 2.15 bits per heavy atom. The van der Waals surface area contributed by atoms with Gasteiger partial charge in [0.2, 0.25) is 11.8 Å². The highest BCUT2D eigenvalue weighted by molar-refractivity contribution is 7.92. The SMILES string of the molecule is CCC(C(=O)NC)N(Cc1c(Cl)cccc1Cl)C(=O)CN(c1cc(OC)ccc1OC)S(=O)(=O)c1ccccc1. The van der Waals surface area contributed by atoms with Crippen LogP contribution in [-0.4, -0.2) is 59.0 Å². The number of sulfonamides is 1. The van der Waals surface area contributed by atoms with Crippen LogP contribution in [0.2, 0.25) is 10.0 Å². The molecule has 0 radical (unpaired) electrons. The molecular weight excluding hydrogens is 577 g/mol. The Morgan fingerprint density at radius 1 is 0.950 bits per heavy atom. The molecule has 0 aromatic heterocycles. The summed E-state index contributed by atoms with van der Waals surface area (Å²) >= 11 is 12.8. The zero-order valence-corrected chi connectivity index (χ0v) is 24.9. The van der Waals surface area contributed by atoms with Crippen LogP contribution in [0.1, 0.15) is 18.9 Å².